The third-order valence-electron chi connectivity index (χ3n) is 3.48. The number of fused-ring (bicyclic) bond motifs is 1. The summed E-state index contributed by atoms with van der Waals surface area (Å²) in [6, 6.07) is -1.56. The highest BCUT2D eigenvalue weighted by molar-refractivity contribution is 5.95. The number of carboxylic acid groups (broad SMARTS) is 1. The van der Waals surface area contributed by atoms with Crippen LogP contribution in [-0.2, 0) is 14.4 Å². The monoisotopic (exact) mass is 255 g/mol. The Morgan fingerprint density at radius 1 is 1.44 bits per heavy atom. The zero-order chi connectivity index (χ0) is 13.3. The maximum atomic E-state index is 12.1. The Labute approximate surface area is 105 Å². The maximum Gasteiger partial charge on any atom is 0.322 e. The van der Waals surface area contributed by atoms with Gasteiger partial charge >= 0.3 is 5.97 Å². The molecule has 7 nitrogen and oxygen atoms in total. The van der Waals surface area contributed by atoms with E-state index in [1.54, 1.807) is 4.90 Å². The van der Waals surface area contributed by atoms with Crippen LogP contribution in [0.2, 0.25) is 0 Å². The standard InChI is InChI=1S/C11H17N3O4/c12-7(11(17)18)5-13-6-9(15)14-4-2-1-3-8(14)10(13)16/h7-8H,1-6,12H2,(H,17,18). The predicted octanol–water partition coefficient (Wildman–Crippen LogP) is -1.38. The number of nitrogens with two attached hydrogens (primary N) is 1. The molecular weight excluding hydrogens is 238 g/mol. The topological polar surface area (TPSA) is 104 Å². The van der Waals surface area contributed by atoms with Crippen molar-refractivity contribution in [1.29, 1.82) is 0 Å². The molecule has 3 N–H and O–H groups in total. The van der Waals surface area contributed by atoms with Gasteiger partial charge in [-0.2, -0.15) is 0 Å². The molecule has 2 fully saturated rings. The van der Waals surface area contributed by atoms with Gasteiger partial charge in [-0.1, -0.05) is 0 Å². The summed E-state index contributed by atoms with van der Waals surface area (Å²) in [6.45, 7) is 0.453. The van der Waals surface area contributed by atoms with Crippen LogP contribution in [0.3, 0.4) is 0 Å². The lowest BCUT2D eigenvalue weighted by atomic mass is 9.98. The van der Waals surface area contributed by atoms with Crippen molar-refractivity contribution in [3.63, 3.8) is 0 Å². The first-order valence-corrected chi connectivity index (χ1v) is 6.07. The Kier molecular flexibility index (Phi) is 3.51. The lowest BCUT2D eigenvalue weighted by molar-refractivity contribution is -0.158. The van der Waals surface area contributed by atoms with Crippen LogP contribution in [0.4, 0.5) is 0 Å². The molecule has 0 aromatic heterocycles. The van der Waals surface area contributed by atoms with Gasteiger partial charge in [-0.15, -0.1) is 0 Å². The Morgan fingerprint density at radius 3 is 2.83 bits per heavy atom. The molecule has 18 heavy (non-hydrogen) atoms. The van der Waals surface area contributed by atoms with E-state index in [1.165, 1.54) is 4.90 Å². The minimum Gasteiger partial charge on any atom is -0.480 e. The van der Waals surface area contributed by atoms with Gasteiger partial charge in [-0.05, 0) is 19.3 Å². The lowest BCUT2D eigenvalue weighted by Gasteiger charge is -2.43. The molecule has 0 aromatic rings. The molecule has 100 valence electrons. The van der Waals surface area contributed by atoms with E-state index in [9.17, 15) is 14.4 Å². The van der Waals surface area contributed by atoms with Gasteiger partial charge in [-0.25, -0.2) is 0 Å². The van der Waals surface area contributed by atoms with Crippen LogP contribution >= 0.6 is 0 Å². The highest BCUT2D eigenvalue weighted by Gasteiger charge is 2.41. The molecule has 2 unspecified atom stereocenters. The smallest absolute Gasteiger partial charge is 0.322 e. The van der Waals surface area contributed by atoms with E-state index in [4.69, 9.17) is 10.8 Å². The van der Waals surface area contributed by atoms with Crippen molar-refractivity contribution in [2.45, 2.75) is 31.3 Å². The van der Waals surface area contributed by atoms with E-state index in [0.29, 0.717) is 13.0 Å². The second-order valence-electron chi connectivity index (χ2n) is 4.76. The van der Waals surface area contributed by atoms with Crippen LogP contribution in [0.25, 0.3) is 0 Å². The summed E-state index contributed by atoms with van der Waals surface area (Å²) >= 11 is 0. The van der Waals surface area contributed by atoms with Gasteiger partial charge in [0, 0.05) is 13.1 Å². The molecule has 2 rings (SSSR count). The molecule has 2 aliphatic heterocycles. The van der Waals surface area contributed by atoms with Crippen molar-refractivity contribution in [1.82, 2.24) is 9.80 Å². The number of piperidine rings is 1. The first-order valence-electron chi connectivity index (χ1n) is 6.07. The van der Waals surface area contributed by atoms with E-state index in [2.05, 4.69) is 0 Å². The van der Waals surface area contributed by atoms with E-state index < -0.39 is 18.1 Å². The average molecular weight is 255 g/mol. The first kappa shape index (κ1) is 12.8. The van der Waals surface area contributed by atoms with Gasteiger partial charge in [0.15, 0.2) is 0 Å². The number of nitrogens with zero attached hydrogens (tertiary/aromatic N) is 2. The normalized spacial score (nSPS) is 25.9. The fourth-order valence-electron chi connectivity index (χ4n) is 2.50. The zero-order valence-electron chi connectivity index (χ0n) is 10.0. The molecule has 0 bridgehead atoms. The molecule has 2 amide bonds. The molecule has 2 saturated heterocycles. The van der Waals surface area contributed by atoms with Crippen molar-refractivity contribution < 1.29 is 19.5 Å². The number of hydrogen-bond acceptors (Lipinski definition) is 4. The highest BCUT2D eigenvalue weighted by atomic mass is 16.4. The van der Waals surface area contributed by atoms with Gasteiger partial charge in [0.1, 0.15) is 12.1 Å². The number of carbonyl (C=O) groups excluding carboxylic acids is 2. The quantitative estimate of drug-likeness (QED) is 0.647. The van der Waals surface area contributed by atoms with Crippen LogP contribution < -0.4 is 5.73 Å². The molecule has 0 aromatic carbocycles. The van der Waals surface area contributed by atoms with Crippen LogP contribution in [0.5, 0.6) is 0 Å². The van der Waals surface area contributed by atoms with Gasteiger partial charge in [0.25, 0.3) is 0 Å². The predicted molar refractivity (Wildman–Crippen MR) is 61.5 cm³/mol. The third kappa shape index (κ3) is 2.31. The Bertz CT molecular complexity index is 384. The minimum atomic E-state index is -1.17. The molecule has 2 aliphatic rings. The molecule has 0 saturated carbocycles. The van der Waals surface area contributed by atoms with Gasteiger partial charge in [0.2, 0.25) is 11.8 Å². The third-order valence-corrected chi connectivity index (χ3v) is 3.48. The fraction of sp³-hybridized carbons (Fsp3) is 0.727. The summed E-state index contributed by atoms with van der Waals surface area (Å²) in [6.07, 6.45) is 2.49. The van der Waals surface area contributed by atoms with Crippen LogP contribution in [0.15, 0.2) is 0 Å². The van der Waals surface area contributed by atoms with Crippen molar-refractivity contribution in [3.8, 4) is 0 Å². The van der Waals surface area contributed by atoms with Crippen molar-refractivity contribution in [2.75, 3.05) is 19.6 Å². The van der Waals surface area contributed by atoms with Gasteiger partial charge in [-0.3, -0.25) is 14.4 Å². The minimum absolute atomic E-state index is 0.0592. The van der Waals surface area contributed by atoms with E-state index in [0.717, 1.165) is 12.8 Å². The summed E-state index contributed by atoms with van der Waals surface area (Å²) in [5.41, 5.74) is 5.40. The molecule has 0 radical (unpaired) electrons. The number of piperazine rings is 1. The van der Waals surface area contributed by atoms with Gasteiger partial charge < -0.3 is 20.6 Å². The van der Waals surface area contributed by atoms with Crippen LogP contribution in [0, 0.1) is 0 Å². The van der Waals surface area contributed by atoms with Crippen molar-refractivity contribution in [3.05, 3.63) is 0 Å². The lowest BCUT2D eigenvalue weighted by Crippen LogP contribution is -2.63. The fourth-order valence-corrected chi connectivity index (χ4v) is 2.50. The van der Waals surface area contributed by atoms with Crippen LogP contribution in [-0.4, -0.2) is 64.4 Å². The molecule has 0 aliphatic carbocycles. The number of amides is 2. The second-order valence-corrected chi connectivity index (χ2v) is 4.76. The summed E-state index contributed by atoms with van der Waals surface area (Å²) in [4.78, 5) is 37.6. The molecule has 0 spiro atoms. The van der Waals surface area contributed by atoms with Crippen molar-refractivity contribution in [2.24, 2.45) is 5.73 Å². The van der Waals surface area contributed by atoms with E-state index in [-0.39, 0.29) is 24.9 Å². The molecular formula is C11H17N3O4. The number of hydrogen-bond donors (Lipinski definition) is 2. The number of aliphatic carboxylic acids is 1. The van der Waals surface area contributed by atoms with Crippen molar-refractivity contribution >= 4 is 17.8 Å². The number of rotatable bonds is 3. The zero-order valence-corrected chi connectivity index (χ0v) is 10.0. The Balaban J connectivity index is 2.07. The summed E-state index contributed by atoms with van der Waals surface area (Å²) < 4.78 is 0. The highest BCUT2D eigenvalue weighted by Crippen LogP contribution is 2.22. The first-order chi connectivity index (χ1) is 8.50. The summed E-state index contributed by atoms with van der Waals surface area (Å²) in [7, 11) is 0. The number of carbonyl (C=O) groups is 3. The van der Waals surface area contributed by atoms with E-state index in [1.807, 2.05) is 0 Å². The molecule has 7 heteroatoms. The SMILES string of the molecule is NC(CN1CC(=O)N2CCCCC2C1=O)C(=O)O. The maximum absolute atomic E-state index is 12.1. The Hall–Kier alpha value is -1.63. The second kappa shape index (κ2) is 4.93. The summed E-state index contributed by atoms with van der Waals surface area (Å²) in [5, 5.41) is 8.74. The summed E-state index contributed by atoms with van der Waals surface area (Å²) in [5.74, 6) is -1.45. The number of carboxylic acids is 1. The van der Waals surface area contributed by atoms with E-state index >= 15 is 0 Å². The Morgan fingerprint density at radius 2 is 2.17 bits per heavy atom. The van der Waals surface area contributed by atoms with Crippen LogP contribution in [0.1, 0.15) is 19.3 Å². The molecule has 2 heterocycles. The molecule has 2 atom stereocenters. The average Bonchev–Trinajstić information content (AvgIpc) is 2.35. The largest absolute Gasteiger partial charge is 0.480 e. The van der Waals surface area contributed by atoms with Gasteiger partial charge in [0.05, 0.1) is 6.54 Å².